The van der Waals surface area contributed by atoms with Crippen LogP contribution in [0.5, 0.6) is 5.75 Å². The molecule has 0 aliphatic carbocycles. The molecule has 1 nitrogen and oxygen atoms in total. The van der Waals surface area contributed by atoms with E-state index in [1.807, 2.05) is 0 Å². The van der Waals surface area contributed by atoms with Crippen molar-refractivity contribution in [2.24, 2.45) is 0 Å². The molecule has 0 unspecified atom stereocenters. The molecular formula is C7H2BrClF4O. The molecule has 1 aromatic rings. The number of benzene rings is 1. The van der Waals surface area contributed by atoms with Crippen LogP contribution in [0.2, 0.25) is 0 Å². The van der Waals surface area contributed by atoms with Gasteiger partial charge in [-0.05, 0) is 12.1 Å². The normalized spacial score (nSPS) is 11.6. The van der Waals surface area contributed by atoms with Gasteiger partial charge in [-0.15, -0.1) is 8.78 Å². The fourth-order valence-corrected chi connectivity index (χ4v) is 1.22. The van der Waals surface area contributed by atoms with Gasteiger partial charge >= 0.3 is 5.57 Å². The van der Waals surface area contributed by atoms with Gasteiger partial charge < -0.3 is 4.74 Å². The molecule has 0 aliphatic rings. The molecule has 1 aromatic carbocycles. The molecule has 0 atom stereocenters. The summed E-state index contributed by atoms with van der Waals surface area (Å²) in [4.78, 5) is 0. The van der Waals surface area contributed by atoms with E-state index >= 15 is 0 Å². The van der Waals surface area contributed by atoms with Crippen LogP contribution in [-0.2, 0) is 0 Å². The molecule has 14 heavy (non-hydrogen) atoms. The highest BCUT2D eigenvalue weighted by atomic mass is 79.9. The molecule has 7 heteroatoms. The minimum atomic E-state index is -4.14. The third-order valence-corrected chi connectivity index (χ3v) is 1.72. The Morgan fingerprint density at radius 2 is 1.64 bits per heavy atom. The Labute approximate surface area is 89.7 Å². The molecule has 78 valence electrons. The van der Waals surface area contributed by atoms with Crippen molar-refractivity contribution in [2.75, 3.05) is 0 Å². The molecule has 0 N–H and O–H groups in total. The maximum absolute atomic E-state index is 12.9. The molecule has 0 saturated heterocycles. The van der Waals surface area contributed by atoms with E-state index in [1.165, 1.54) is 0 Å². The Bertz CT molecular complexity index is 329. The van der Waals surface area contributed by atoms with Crippen molar-refractivity contribution in [2.45, 2.75) is 5.57 Å². The summed E-state index contributed by atoms with van der Waals surface area (Å²) in [6, 6.07) is 1.56. The van der Waals surface area contributed by atoms with Crippen LogP contribution in [0.1, 0.15) is 0 Å². The van der Waals surface area contributed by atoms with Crippen molar-refractivity contribution >= 4 is 27.5 Å². The van der Waals surface area contributed by atoms with E-state index in [2.05, 4.69) is 32.3 Å². The summed E-state index contributed by atoms with van der Waals surface area (Å²) in [6.45, 7) is 0. The van der Waals surface area contributed by atoms with E-state index < -0.39 is 23.0 Å². The molecule has 0 aliphatic heterocycles. The summed E-state index contributed by atoms with van der Waals surface area (Å²) in [5, 5.41) is 0. The largest absolute Gasteiger partial charge is 0.487 e. The lowest BCUT2D eigenvalue weighted by Gasteiger charge is -2.11. The second kappa shape index (κ2) is 3.94. The van der Waals surface area contributed by atoms with Crippen molar-refractivity contribution < 1.29 is 22.3 Å². The van der Waals surface area contributed by atoms with Gasteiger partial charge in [0.1, 0.15) is 0 Å². The van der Waals surface area contributed by atoms with Gasteiger partial charge in [0.15, 0.2) is 17.4 Å². The summed E-state index contributed by atoms with van der Waals surface area (Å²) in [6.07, 6.45) is 0. The van der Waals surface area contributed by atoms with Crippen LogP contribution in [0.3, 0.4) is 0 Å². The second-order valence-electron chi connectivity index (χ2n) is 2.25. The van der Waals surface area contributed by atoms with Crippen molar-refractivity contribution in [1.82, 2.24) is 0 Å². The van der Waals surface area contributed by atoms with Crippen molar-refractivity contribution in [3.63, 3.8) is 0 Å². The van der Waals surface area contributed by atoms with Gasteiger partial charge in [-0.3, -0.25) is 0 Å². The first-order chi connectivity index (χ1) is 6.29. The van der Waals surface area contributed by atoms with E-state index in [0.717, 1.165) is 12.1 Å². The number of alkyl halides is 3. The summed E-state index contributed by atoms with van der Waals surface area (Å²) in [5.74, 6) is -3.75. The third-order valence-electron chi connectivity index (χ3n) is 1.18. The predicted molar refractivity (Wildman–Crippen MR) is 45.5 cm³/mol. The Morgan fingerprint density at radius 1 is 1.21 bits per heavy atom. The molecule has 0 fully saturated rings. The lowest BCUT2D eigenvalue weighted by Crippen LogP contribution is -2.17. The highest BCUT2D eigenvalue weighted by Gasteiger charge is 2.31. The first kappa shape index (κ1) is 11.6. The summed E-state index contributed by atoms with van der Waals surface area (Å²) >= 11 is 7.12. The predicted octanol–water partition coefficient (Wildman–Crippen LogP) is 3.90. The highest BCUT2D eigenvalue weighted by Crippen LogP contribution is 2.31. The molecule has 0 radical (unpaired) electrons. The summed E-state index contributed by atoms with van der Waals surface area (Å²) < 4.78 is 53.5. The van der Waals surface area contributed by atoms with E-state index in [-0.39, 0.29) is 4.47 Å². The fourth-order valence-electron chi connectivity index (χ4n) is 0.742. The molecule has 0 aromatic heterocycles. The van der Waals surface area contributed by atoms with E-state index in [9.17, 15) is 17.6 Å². The van der Waals surface area contributed by atoms with Crippen LogP contribution in [0.25, 0.3) is 0 Å². The third kappa shape index (κ3) is 3.02. The lowest BCUT2D eigenvalue weighted by atomic mass is 10.3. The topological polar surface area (TPSA) is 9.23 Å². The van der Waals surface area contributed by atoms with Gasteiger partial charge in [-0.25, -0.2) is 8.78 Å². The van der Waals surface area contributed by atoms with E-state index in [4.69, 9.17) is 0 Å². The van der Waals surface area contributed by atoms with Crippen molar-refractivity contribution in [3.8, 4) is 5.75 Å². The van der Waals surface area contributed by atoms with Crippen LogP contribution in [0.4, 0.5) is 17.6 Å². The number of hydrogen-bond donors (Lipinski definition) is 0. The average molecular weight is 293 g/mol. The maximum Gasteiger partial charge on any atom is 0.487 e. The zero-order chi connectivity index (χ0) is 10.9. The Balaban J connectivity index is 3.09. The standard InChI is InChI=1S/C7H2BrClF4O/c8-3-1-4(10)6(5(11)2-3)14-7(9,12)13/h1-2H. The summed E-state index contributed by atoms with van der Waals surface area (Å²) in [5.41, 5.74) is -4.14. The molecule has 0 saturated carbocycles. The smallest absolute Gasteiger partial charge is 0.414 e. The SMILES string of the molecule is Fc1cc(Br)cc(F)c1OC(F)(F)Cl. The lowest BCUT2D eigenvalue weighted by molar-refractivity contribution is -0.101. The second-order valence-corrected chi connectivity index (χ2v) is 3.60. The Hall–Kier alpha value is -0.490. The molecule has 0 spiro atoms. The maximum atomic E-state index is 12.9. The first-order valence-corrected chi connectivity index (χ1v) is 4.37. The fraction of sp³-hybridized carbons (Fsp3) is 0.143. The Morgan fingerprint density at radius 3 is 2.00 bits per heavy atom. The molecule has 0 bridgehead atoms. The van der Waals surface area contributed by atoms with Crippen LogP contribution < -0.4 is 4.74 Å². The monoisotopic (exact) mass is 292 g/mol. The number of halogens is 6. The first-order valence-electron chi connectivity index (χ1n) is 3.20. The van der Waals surface area contributed by atoms with Gasteiger partial charge in [0.25, 0.3) is 0 Å². The van der Waals surface area contributed by atoms with Crippen molar-refractivity contribution in [3.05, 3.63) is 28.2 Å². The minimum Gasteiger partial charge on any atom is -0.414 e. The molecule has 0 heterocycles. The number of rotatable bonds is 2. The zero-order valence-electron chi connectivity index (χ0n) is 6.33. The minimum absolute atomic E-state index is 0.0674. The van der Waals surface area contributed by atoms with Gasteiger partial charge in [0.05, 0.1) is 0 Å². The quantitative estimate of drug-likeness (QED) is 0.593. The number of ether oxygens (including phenoxy) is 1. The molecule has 1 rings (SSSR count). The van der Waals surface area contributed by atoms with Crippen LogP contribution in [0, 0.1) is 11.6 Å². The van der Waals surface area contributed by atoms with Gasteiger partial charge in [-0.2, -0.15) is 0 Å². The summed E-state index contributed by atoms with van der Waals surface area (Å²) in [7, 11) is 0. The van der Waals surface area contributed by atoms with Gasteiger partial charge in [0.2, 0.25) is 0 Å². The van der Waals surface area contributed by atoms with Gasteiger partial charge in [-0.1, -0.05) is 15.9 Å². The molecular weight excluding hydrogens is 291 g/mol. The van der Waals surface area contributed by atoms with Crippen LogP contribution in [0.15, 0.2) is 16.6 Å². The van der Waals surface area contributed by atoms with Crippen molar-refractivity contribution in [1.29, 1.82) is 0 Å². The van der Waals surface area contributed by atoms with E-state index in [0.29, 0.717) is 0 Å². The highest BCUT2D eigenvalue weighted by molar-refractivity contribution is 9.10. The van der Waals surface area contributed by atoms with Gasteiger partial charge in [0, 0.05) is 16.1 Å². The van der Waals surface area contributed by atoms with Crippen LogP contribution in [-0.4, -0.2) is 5.57 Å². The zero-order valence-corrected chi connectivity index (χ0v) is 8.67. The Kier molecular flexibility index (Phi) is 3.26. The number of hydrogen-bond acceptors (Lipinski definition) is 1. The van der Waals surface area contributed by atoms with Crippen LogP contribution >= 0.6 is 27.5 Å². The average Bonchev–Trinajstić information content (AvgIpc) is 1.95. The molecule has 0 amide bonds. The van der Waals surface area contributed by atoms with E-state index in [1.54, 1.807) is 0 Å².